The highest BCUT2D eigenvalue weighted by Gasteiger charge is 2.43. The Hall–Kier alpha value is -2.08. The maximum Gasteiger partial charge on any atom is 0.237 e. The highest BCUT2D eigenvalue weighted by Crippen LogP contribution is 2.37. The number of carbonyl (C=O) groups excluding carboxylic acids is 2. The van der Waals surface area contributed by atoms with Crippen molar-refractivity contribution in [3.63, 3.8) is 0 Å². The largest absolute Gasteiger partial charge is 0.493 e. The maximum absolute atomic E-state index is 13.6. The standard InChI is InChI=1S/C23H32N2O4/c1-28-20-10-9-16(15-21(20)29-2)22-19(26)11-14-25(23(22)27)18-8-4-3-7-17(18)24-12-5-6-13-24/h9-10,15,17-18,22H,3-8,11-14H2,1-2H3/t17-,18-,22?/m1/s1. The molecule has 1 aromatic rings. The molecule has 158 valence electrons. The molecule has 3 aliphatic rings. The third kappa shape index (κ3) is 3.87. The molecular formula is C23H32N2O4. The first-order chi connectivity index (χ1) is 14.1. The molecule has 0 aromatic heterocycles. The Morgan fingerprint density at radius 1 is 0.862 bits per heavy atom. The number of ether oxygens (including phenoxy) is 2. The molecule has 2 aliphatic heterocycles. The van der Waals surface area contributed by atoms with Crippen LogP contribution in [-0.4, -0.2) is 67.4 Å². The van der Waals surface area contributed by atoms with Gasteiger partial charge in [0, 0.05) is 25.0 Å². The Bertz CT molecular complexity index is 759. The van der Waals surface area contributed by atoms with Crippen LogP contribution in [0.2, 0.25) is 0 Å². The van der Waals surface area contributed by atoms with E-state index in [9.17, 15) is 9.59 Å². The van der Waals surface area contributed by atoms with Gasteiger partial charge in [0.1, 0.15) is 5.92 Å². The number of piperidine rings is 1. The number of amides is 1. The molecule has 1 amide bonds. The van der Waals surface area contributed by atoms with Crippen LogP contribution in [0.25, 0.3) is 0 Å². The zero-order valence-corrected chi connectivity index (χ0v) is 17.6. The van der Waals surface area contributed by atoms with Crippen LogP contribution in [0.15, 0.2) is 18.2 Å². The van der Waals surface area contributed by atoms with E-state index in [2.05, 4.69) is 4.90 Å². The molecule has 3 fully saturated rings. The van der Waals surface area contributed by atoms with E-state index < -0.39 is 5.92 Å². The second kappa shape index (κ2) is 8.74. The number of rotatable bonds is 5. The van der Waals surface area contributed by atoms with Gasteiger partial charge in [-0.3, -0.25) is 14.5 Å². The van der Waals surface area contributed by atoms with Crippen LogP contribution >= 0.6 is 0 Å². The van der Waals surface area contributed by atoms with E-state index in [1.165, 1.54) is 19.3 Å². The van der Waals surface area contributed by atoms with Crippen LogP contribution in [0.1, 0.15) is 56.4 Å². The van der Waals surface area contributed by atoms with E-state index in [0.717, 1.165) is 32.4 Å². The monoisotopic (exact) mass is 400 g/mol. The summed E-state index contributed by atoms with van der Waals surface area (Å²) in [7, 11) is 3.15. The first kappa shape index (κ1) is 20.2. The molecule has 1 aliphatic carbocycles. The molecule has 1 unspecified atom stereocenters. The summed E-state index contributed by atoms with van der Waals surface area (Å²) in [6.45, 7) is 2.83. The molecule has 0 radical (unpaired) electrons. The van der Waals surface area contributed by atoms with Gasteiger partial charge in [-0.15, -0.1) is 0 Å². The summed E-state index contributed by atoms with van der Waals surface area (Å²) in [6, 6.07) is 6.05. The van der Waals surface area contributed by atoms with Gasteiger partial charge in [-0.2, -0.15) is 0 Å². The Labute approximate surface area is 173 Å². The lowest BCUT2D eigenvalue weighted by Gasteiger charge is -2.46. The van der Waals surface area contributed by atoms with Gasteiger partial charge in [-0.05, 0) is 56.5 Å². The average Bonchev–Trinajstić information content (AvgIpc) is 3.28. The molecule has 3 atom stereocenters. The number of ketones is 1. The molecule has 6 nitrogen and oxygen atoms in total. The van der Waals surface area contributed by atoms with Gasteiger partial charge in [-0.1, -0.05) is 18.9 Å². The normalized spacial score (nSPS) is 28.6. The summed E-state index contributed by atoms with van der Waals surface area (Å²) in [5.74, 6) is 0.391. The maximum atomic E-state index is 13.6. The number of likely N-dealkylation sites (tertiary alicyclic amines) is 2. The number of nitrogens with zero attached hydrogens (tertiary/aromatic N) is 2. The van der Waals surface area contributed by atoms with Crippen LogP contribution in [-0.2, 0) is 9.59 Å². The molecule has 2 heterocycles. The number of hydrogen-bond donors (Lipinski definition) is 0. The number of benzene rings is 1. The van der Waals surface area contributed by atoms with Gasteiger partial charge in [0.15, 0.2) is 17.3 Å². The minimum absolute atomic E-state index is 0.00648. The molecule has 0 bridgehead atoms. The van der Waals surface area contributed by atoms with Crippen molar-refractivity contribution in [3.05, 3.63) is 23.8 Å². The van der Waals surface area contributed by atoms with Gasteiger partial charge in [-0.25, -0.2) is 0 Å². The van der Waals surface area contributed by atoms with Gasteiger partial charge >= 0.3 is 0 Å². The first-order valence-corrected chi connectivity index (χ1v) is 10.9. The molecule has 29 heavy (non-hydrogen) atoms. The lowest BCUT2D eigenvalue weighted by molar-refractivity contribution is -0.146. The topological polar surface area (TPSA) is 59.1 Å². The van der Waals surface area contributed by atoms with E-state index in [0.29, 0.717) is 36.1 Å². The second-order valence-corrected chi connectivity index (χ2v) is 8.46. The Morgan fingerprint density at radius 3 is 2.24 bits per heavy atom. The summed E-state index contributed by atoms with van der Waals surface area (Å²) in [6.07, 6.45) is 7.52. The van der Waals surface area contributed by atoms with Crippen molar-refractivity contribution in [2.45, 2.75) is 62.9 Å². The average molecular weight is 401 g/mol. The van der Waals surface area contributed by atoms with E-state index in [1.807, 2.05) is 11.0 Å². The fourth-order valence-electron chi connectivity index (χ4n) is 5.43. The van der Waals surface area contributed by atoms with Crippen molar-refractivity contribution in [1.29, 1.82) is 0 Å². The zero-order chi connectivity index (χ0) is 20.4. The van der Waals surface area contributed by atoms with E-state index >= 15 is 0 Å². The SMILES string of the molecule is COc1ccc(C2C(=O)CCN([C@@H]3CCCC[C@H]3N3CCCC3)C2=O)cc1OC. The van der Waals surface area contributed by atoms with Crippen molar-refractivity contribution >= 4 is 11.7 Å². The Morgan fingerprint density at radius 2 is 1.55 bits per heavy atom. The van der Waals surface area contributed by atoms with Crippen molar-refractivity contribution in [2.24, 2.45) is 0 Å². The molecule has 4 rings (SSSR count). The summed E-state index contributed by atoms with van der Waals surface area (Å²) < 4.78 is 10.7. The molecule has 1 saturated carbocycles. The zero-order valence-electron chi connectivity index (χ0n) is 17.6. The van der Waals surface area contributed by atoms with Crippen LogP contribution in [0.5, 0.6) is 11.5 Å². The fourth-order valence-corrected chi connectivity index (χ4v) is 5.43. The lowest BCUT2D eigenvalue weighted by Crippen LogP contribution is -2.58. The molecular weight excluding hydrogens is 368 g/mol. The van der Waals surface area contributed by atoms with Gasteiger partial charge in [0.05, 0.1) is 14.2 Å². The van der Waals surface area contributed by atoms with Crippen LogP contribution < -0.4 is 9.47 Å². The molecule has 2 saturated heterocycles. The fraction of sp³-hybridized carbons (Fsp3) is 0.652. The quantitative estimate of drug-likeness (QED) is 0.711. The van der Waals surface area contributed by atoms with E-state index in [-0.39, 0.29) is 17.7 Å². The van der Waals surface area contributed by atoms with Crippen molar-refractivity contribution < 1.29 is 19.1 Å². The third-order valence-electron chi connectivity index (χ3n) is 6.90. The van der Waals surface area contributed by atoms with Crippen LogP contribution in [0.4, 0.5) is 0 Å². The summed E-state index contributed by atoms with van der Waals surface area (Å²) in [5, 5.41) is 0. The first-order valence-electron chi connectivity index (χ1n) is 10.9. The summed E-state index contributed by atoms with van der Waals surface area (Å²) >= 11 is 0. The number of methoxy groups -OCH3 is 2. The highest BCUT2D eigenvalue weighted by molar-refractivity contribution is 6.08. The second-order valence-electron chi connectivity index (χ2n) is 8.46. The minimum atomic E-state index is -0.732. The highest BCUT2D eigenvalue weighted by atomic mass is 16.5. The number of Topliss-reactive ketones (excluding diaryl/α,β-unsaturated/α-hetero) is 1. The van der Waals surface area contributed by atoms with Crippen LogP contribution in [0.3, 0.4) is 0 Å². The van der Waals surface area contributed by atoms with Crippen LogP contribution in [0, 0.1) is 0 Å². The van der Waals surface area contributed by atoms with Gasteiger partial charge < -0.3 is 14.4 Å². The Kier molecular flexibility index (Phi) is 6.09. The number of carbonyl (C=O) groups is 2. The van der Waals surface area contributed by atoms with E-state index in [4.69, 9.17) is 9.47 Å². The predicted octanol–water partition coefficient (Wildman–Crippen LogP) is 3.00. The molecule has 1 aromatic carbocycles. The molecule has 6 heteroatoms. The van der Waals surface area contributed by atoms with Gasteiger partial charge in [0.25, 0.3) is 0 Å². The summed E-state index contributed by atoms with van der Waals surface area (Å²) in [5.41, 5.74) is 0.705. The number of hydrogen-bond acceptors (Lipinski definition) is 5. The molecule has 0 spiro atoms. The van der Waals surface area contributed by atoms with Crippen molar-refractivity contribution in [1.82, 2.24) is 9.80 Å². The van der Waals surface area contributed by atoms with E-state index in [1.54, 1.807) is 26.4 Å². The predicted molar refractivity (Wildman–Crippen MR) is 110 cm³/mol. The molecule has 0 N–H and O–H groups in total. The third-order valence-corrected chi connectivity index (χ3v) is 6.90. The lowest BCUT2D eigenvalue weighted by atomic mass is 9.83. The van der Waals surface area contributed by atoms with Crippen molar-refractivity contribution in [3.8, 4) is 11.5 Å². The van der Waals surface area contributed by atoms with Gasteiger partial charge in [0.2, 0.25) is 5.91 Å². The smallest absolute Gasteiger partial charge is 0.237 e. The minimum Gasteiger partial charge on any atom is -0.493 e. The van der Waals surface area contributed by atoms with Crippen molar-refractivity contribution in [2.75, 3.05) is 33.9 Å². The summed E-state index contributed by atoms with van der Waals surface area (Å²) in [4.78, 5) is 31.0. The Balaban J connectivity index is 1.60.